The normalized spacial score (nSPS) is 14.2. The summed E-state index contributed by atoms with van der Waals surface area (Å²) in [4.78, 5) is 11.6. The fourth-order valence-corrected chi connectivity index (χ4v) is 1.90. The third-order valence-electron chi connectivity index (χ3n) is 2.84. The Bertz CT molecular complexity index is 338. The molecule has 0 saturated heterocycles. The van der Waals surface area contributed by atoms with Gasteiger partial charge < -0.3 is 10.1 Å². The second kappa shape index (κ2) is 7.87. The molecule has 0 aliphatic heterocycles. The van der Waals surface area contributed by atoms with E-state index < -0.39 is 0 Å². The Hall–Kier alpha value is -1.36. The average molecular weight is 253 g/mol. The van der Waals surface area contributed by atoms with Gasteiger partial charge in [-0.05, 0) is 19.4 Å². The van der Waals surface area contributed by atoms with Crippen LogP contribution in [0.5, 0.6) is 0 Å². The SMILES string of the molecule is CCCCC(NC(C)Cn1cccn1)C(=O)OC. The molecule has 1 aromatic heterocycles. The highest BCUT2D eigenvalue weighted by molar-refractivity contribution is 5.75. The molecule has 1 N–H and O–H groups in total. The zero-order valence-corrected chi connectivity index (χ0v) is 11.4. The van der Waals surface area contributed by atoms with Gasteiger partial charge in [0.2, 0.25) is 0 Å². The van der Waals surface area contributed by atoms with E-state index in [9.17, 15) is 4.79 Å². The van der Waals surface area contributed by atoms with Gasteiger partial charge in [0.05, 0.1) is 13.7 Å². The lowest BCUT2D eigenvalue weighted by atomic mass is 10.1. The number of hydrogen-bond acceptors (Lipinski definition) is 4. The molecule has 5 heteroatoms. The van der Waals surface area contributed by atoms with Crippen molar-refractivity contribution in [3.63, 3.8) is 0 Å². The summed E-state index contributed by atoms with van der Waals surface area (Å²) in [6, 6.07) is 1.84. The summed E-state index contributed by atoms with van der Waals surface area (Å²) in [5.74, 6) is -0.184. The molecule has 1 aromatic rings. The van der Waals surface area contributed by atoms with Crippen molar-refractivity contribution in [2.75, 3.05) is 7.11 Å². The first-order valence-corrected chi connectivity index (χ1v) is 6.48. The van der Waals surface area contributed by atoms with Crippen molar-refractivity contribution in [3.8, 4) is 0 Å². The first-order chi connectivity index (χ1) is 8.67. The molecule has 0 aliphatic rings. The number of methoxy groups -OCH3 is 1. The zero-order chi connectivity index (χ0) is 13.4. The number of nitrogens with zero attached hydrogens (tertiary/aromatic N) is 2. The highest BCUT2D eigenvalue weighted by Gasteiger charge is 2.20. The maximum absolute atomic E-state index is 11.6. The first kappa shape index (κ1) is 14.7. The van der Waals surface area contributed by atoms with Crippen molar-refractivity contribution in [1.82, 2.24) is 15.1 Å². The predicted molar refractivity (Wildman–Crippen MR) is 70.2 cm³/mol. The Kier molecular flexibility index (Phi) is 6.43. The molecule has 0 fully saturated rings. The molecule has 0 aliphatic carbocycles. The van der Waals surface area contributed by atoms with E-state index in [1.54, 1.807) is 6.20 Å². The second-order valence-electron chi connectivity index (χ2n) is 4.51. The van der Waals surface area contributed by atoms with E-state index in [-0.39, 0.29) is 18.1 Å². The summed E-state index contributed by atoms with van der Waals surface area (Å²) < 4.78 is 6.67. The van der Waals surface area contributed by atoms with E-state index in [1.165, 1.54) is 7.11 Å². The smallest absolute Gasteiger partial charge is 0.322 e. The Morgan fingerprint density at radius 1 is 1.56 bits per heavy atom. The fourth-order valence-electron chi connectivity index (χ4n) is 1.90. The van der Waals surface area contributed by atoms with Gasteiger partial charge in [-0.15, -0.1) is 0 Å². The van der Waals surface area contributed by atoms with Crippen molar-refractivity contribution >= 4 is 5.97 Å². The molecular weight excluding hydrogens is 230 g/mol. The van der Waals surface area contributed by atoms with Crippen LogP contribution in [0.1, 0.15) is 33.1 Å². The maximum Gasteiger partial charge on any atom is 0.322 e. The van der Waals surface area contributed by atoms with E-state index in [1.807, 2.05) is 23.9 Å². The monoisotopic (exact) mass is 253 g/mol. The zero-order valence-electron chi connectivity index (χ0n) is 11.4. The van der Waals surface area contributed by atoms with Crippen molar-refractivity contribution < 1.29 is 9.53 Å². The van der Waals surface area contributed by atoms with E-state index in [0.717, 1.165) is 25.8 Å². The molecule has 1 heterocycles. The summed E-state index contributed by atoms with van der Waals surface area (Å²) in [6.07, 6.45) is 6.57. The molecule has 1 rings (SSSR count). The summed E-state index contributed by atoms with van der Waals surface area (Å²) in [5, 5.41) is 7.46. The van der Waals surface area contributed by atoms with Gasteiger partial charge in [0.1, 0.15) is 6.04 Å². The van der Waals surface area contributed by atoms with Gasteiger partial charge >= 0.3 is 5.97 Å². The predicted octanol–water partition coefficient (Wildman–Crippen LogP) is 1.59. The Morgan fingerprint density at radius 2 is 2.33 bits per heavy atom. The van der Waals surface area contributed by atoms with Gasteiger partial charge in [0, 0.05) is 18.4 Å². The van der Waals surface area contributed by atoms with Crippen LogP contribution in [-0.2, 0) is 16.1 Å². The molecule has 2 atom stereocenters. The molecule has 0 aromatic carbocycles. The van der Waals surface area contributed by atoms with Crippen LogP contribution in [0.25, 0.3) is 0 Å². The summed E-state index contributed by atoms with van der Waals surface area (Å²) in [5.41, 5.74) is 0. The number of hydrogen-bond donors (Lipinski definition) is 1. The van der Waals surface area contributed by atoms with Crippen LogP contribution >= 0.6 is 0 Å². The topological polar surface area (TPSA) is 56.2 Å². The van der Waals surface area contributed by atoms with Gasteiger partial charge in [0.25, 0.3) is 0 Å². The number of carbonyl (C=O) groups excluding carboxylic acids is 1. The molecule has 0 bridgehead atoms. The minimum absolute atomic E-state index is 0.172. The largest absolute Gasteiger partial charge is 0.468 e. The third kappa shape index (κ3) is 4.87. The molecule has 5 nitrogen and oxygen atoms in total. The second-order valence-corrected chi connectivity index (χ2v) is 4.51. The van der Waals surface area contributed by atoms with Gasteiger partial charge in [-0.2, -0.15) is 5.10 Å². The summed E-state index contributed by atoms with van der Waals surface area (Å²) in [6.45, 7) is 4.90. The Morgan fingerprint density at radius 3 is 2.89 bits per heavy atom. The minimum atomic E-state index is -0.222. The van der Waals surface area contributed by atoms with Crippen LogP contribution in [-0.4, -0.2) is 34.9 Å². The van der Waals surface area contributed by atoms with Gasteiger partial charge in [0.15, 0.2) is 0 Å². The van der Waals surface area contributed by atoms with E-state index in [4.69, 9.17) is 4.74 Å². The van der Waals surface area contributed by atoms with Crippen LogP contribution in [0.4, 0.5) is 0 Å². The standard InChI is InChI=1S/C13H23N3O2/c1-4-5-7-12(13(17)18-3)15-11(2)10-16-9-6-8-14-16/h6,8-9,11-12,15H,4-5,7,10H2,1-3H3. The number of esters is 1. The minimum Gasteiger partial charge on any atom is -0.468 e. The molecule has 0 spiro atoms. The quantitative estimate of drug-likeness (QED) is 0.715. The summed E-state index contributed by atoms with van der Waals surface area (Å²) in [7, 11) is 1.43. The van der Waals surface area contributed by atoms with Gasteiger partial charge in [-0.25, -0.2) is 0 Å². The van der Waals surface area contributed by atoms with Crippen LogP contribution in [0, 0.1) is 0 Å². The van der Waals surface area contributed by atoms with Crippen molar-refractivity contribution in [2.24, 2.45) is 0 Å². The number of unbranched alkanes of at least 4 members (excludes halogenated alkanes) is 1. The van der Waals surface area contributed by atoms with E-state index in [0.29, 0.717) is 0 Å². The van der Waals surface area contributed by atoms with Crippen molar-refractivity contribution in [1.29, 1.82) is 0 Å². The molecule has 18 heavy (non-hydrogen) atoms. The average Bonchev–Trinajstić information content (AvgIpc) is 2.86. The van der Waals surface area contributed by atoms with Crippen LogP contribution < -0.4 is 5.32 Å². The van der Waals surface area contributed by atoms with Crippen molar-refractivity contribution in [3.05, 3.63) is 18.5 Å². The lowest BCUT2D eigenvalue weighted by molar-refractivity contribution is -0.143. The number of carbonyl (C=O) groups is 1. The first-order valence-electron chi connectivity index (χ1n) is 6.48. The lowest BCUT2D eigenvalue weighted by Crippen LogP contribution is -2.44. The number of aromatic nitrogens is 2. The van der Waals surface area contributed by atoms with Gasteiger partial charge in [-0.1, -0.05) is 19.8 Å². The van der Waals surface area contributed by atoms with Gasteiger partial charge in [-0.3, -0.25) is 9.48 Å². The molecule has 0 radical (unpaired) electrons. The highest BCUT2D eigenvalue weighted by Crippen LogP contribution is 2.04. The summed E-state index contributed by atoms with van der Waals surface area (Å²) >= 11 is 0. The van der Waals surface area contributed by atoms with E-state index >= 15 is 0 Å². The highest BCUT2D eigenvalue weighted by atomic mass is 16.5. The lowest BCUT2D eigenvalue weighted by Gasteiger charge is -2.21. The van der Waals surface area contributed by atoms with Crippen LogP contribution in [0.3, 0.4) is 0 Å². The maximum atomic E-state index is 11.6. The van der Waals surface area contributed by atoms with Crippen molar-refractivity contribution in [2.45, 2.75) is 51.7 Å². The molecule has 2 unspecified atom stereocenters. The molecule has 0 saturated carbocycles. The van der Waals surface area contributed by atoms with E-state index in [2.05, 4.69) is 17.3 Å². The number of ether oxygens (including phenoxy) is 1. The fraction of sp³-hybridized carbons (Fsp3) is 0.692. The molecule has 0 amide bonds. The number of rotatable bonds is 8. The Labute approximate surface area is 109 Å². The molecule has 102 valence electrons. The number of nitrogens with one attached hydrogen (secondary N) is 1. The molecular formula is C13H23N3O2. The third-order valence-corrected chi connectivity index (χ3v) is 2.84. The van der Waals surface area contributed by atoms with Crippen LogP contribution in [0.15, 0.2) is 18.5 Å². The van der Waals surface area contributed by atoms with Crippen LogP contribution in [0.2, 0.25) is 0 Å². The Balaban J connectivity index is 2.45.